The molecule has 0 bridgehead atoms. The van der Waals surface area contributed by atoms with Crippen molar-refractivity contribution in [1.82, 2.24) is 0 Å². The summed E-state index contributed by atoms with van der Waals surface area (Å²) < 4.78 is 11.0. The largest absolute Gasteiger partial charge is 0.352 e. The van der Waals surface area contributed by atoms with Crippen LogP contribution in [0.5, 0.6) is 0 Å². The van der Waals surface area contributed by atoms with Crippen LogP contribution in [0.4, 0.5) is 0 Å². The van der Waals surface area contributed by atoms with E-state index < -0.39 is 0 Å². The van der Waals surface area contributed by atoms with E-state index in [2.05, 4.69) is 6.92 Å². The number of ether oxygens (including phenoxy) is 2. The van der Waals surface area contributed by atoms with Crippen molar-refractivity contribution in [3.8, 4) is 0 Å². The fraction of sp³-hybridized carbons (Fsp3) is 1.00. The Morgan fingerprint density at radius 2 is 2.42 bits per heavy atom. The molecular weight excluding hydrogens is 154 g/mol. The highest BCUT2D eigenvalue weighted by atomic mass is 16.7. The van der Waals surface area contributed by atoms with E-state index in [1.54, 1.807) is 0 Å². The second-order valence-electron chi connectivity index (χ2n) is 3.21. The first-order valence-corrected chi connectivity index (χ1v) is 4.81. The van der Waals surface area contributed by atoms with E-state index in [0.29, 0.717) is 19.1 Å². The van der Waals surface area contributed by atoms with E-state index in [1.807, 2.05) is 0 Å². The van der Waals surface area contributed by atoms with Crippen LogP contribution in [0.1, 0.15) is 26.2 Å². The molecule has 3 heteroatoms. The van der Waals surface area contributed by atoms with Gasteiger partial charge in [-0.3, -0.25) is 0 Å². The van der Waals surface area contributed by atoms with Crippen LogP contribution in [-0.2, 0) is 9.47 Å². The molecule has 12 heavy (non-hydrogen) atoms. The number of hydrogen-bond acceptors (Lipinski definition) is 3. The molecule has 0 amide bonds. The van der Waals surface area contributed by atoms with E-state index in [0.717, 1.165) is 13.0 Å². The summed E-state index contributed by atoms with van der Waals surface area (Å²) in [5.41, 5.74) is 5.35. The molecule has 1 fully saturated rings. The molecule has 2 unspecified atom stereocenters. The predicted octanol–water partition coefficient (Wildman–Crippen LogP) is 1.12. The maximum Gasteiger partial charge on any atom is 0.160 e. The van der Waals surface area contributed by atoms with Crippen molar-refractivity contribution in [2.45, 2.75) is 32.5 Å². The summed E-state index contributed by atoms with van der Waals surface area (Å²) in [5, 5.41) is 0. The topological polar surface area (TPSA) is 44.5 Å². The molecule has 1 aliphatic heterocycles. The third-order valence-corrected chi connectivity index (χ3v) is 2.31. The van der Waals surface area contributed by atoms with Gasteiger partial charge in [0.25, 0.3) is 0 Å². The van der Waals surface area contributed by atoms with Gasteiger partial charge in [0.15, 0.2) is 6.29 Å². The van der Waals surface area contributed by atoms with Gasteiger partial charge in [-0.1, -0.05) is 6.92 Å². The maximum absolute atomic E-state index is 5.51. The number of hydrogen-bond donors (Lipinski definition) is 1. The summed E-state index contributed by atoms with van der Waals surface area (Å²) >= 11 is 0. The highest BCUT2D eigenvalue weighted by Gasteiger charge is 2.24. The average Bonchev–Trinajstić information content (AvgIpc) is 2.15. The molecule has 1 rings (SSSR count). The molecule has 1 aliphatic rings. The molecule has 0 aromatic carbocycles. The molecule has 0 aromatic rings. The minimum absolute atomic E-state index is 0.00676. The van der Waals surface area contributed by atoms with E-state index in [9.17, 15) is 0 Å². The molecule has 2 atom stereocenters. The van der Waals surface area contributed by atoms with Crippen LogP contribution in [0.3, 0.4) is 0 Å². The maximum atomic E-state index is 5.51. The highest BCUT2D eigenvalue weighted by molar-refractivity contribution is 4.66. The normalized spacial score (nSPS) is 30.5. The summed E-state index contributed by atoms with van der Waals surface area (Å²) in [6, 6.07) is 0. The monoisotopic (exact) mass is 173 g/mol. The molecule has 0 aliphatic carbocycles. The van der Waals surface area contributed by atoms with Crippen molar-refractivity contribution in [1.29, 1.82) is 0 Å². The Hall–Kier alpha value is -0.120. The zero-order valence-electron chi connectivity index (χ0n) is 7.79. The third-order valence-electron chi connectivity index (χ3n) is 2.31. The Morgan fingerprint density at radius 1 is 1.58 bits per heavy atom. The second kappa shape index (κ2) is 5.51. The number of rotatable bonds is 4. The summed E-state index contributed by atoms with van der Waals surface area (Å²) in [7, 11) is 0. The lowest BCUT2D eigenvalue weighted by atomic mass is 9.98. The van der Waals surface area contributed by atoms with E-state index in [1.165, 1.54) is 12.8 Å². The fourth-order valence-corrected chi connectivity index (χ4v) is 1.58. The lowest BCUT2D eigenvalue weighted by Crippen LogP contribution is -2.33. The summed E-state index contributed by atoms with van der Waals surface area (Å²) in [6.07, 6.45) is 3.54. The van der Waals surface area contributed by atoms with Crippen molar-refractivity contribution in [3.05, 3.63) is 0 Å². The van der Waals surface area contributed by atoms with Crippen LogP contribution in [-0.4, -0.2) is 26.0 Å². The van der Waals surface area contributed by atoms with Gasteiger partial charge in [0.2, 0.25) is 0 Å². The first-order valence-electron chi connectivity index (χ1n) is 4.81. The van der Waals surface area contributed by atoms with Crippen LogP contribution in [0.25, 0.3) is 0 Å². The average molecular weight is 173 g/mol. The van der Waals surface area contributed by atoms with E-state index >= 15 is 0 Å². The van der Waals surface area contributed by atoms with Gasteiger partial charge in [0.1, 0.15) is 0 Å². The SMILES string of the molecule is CCC1CCCOC1OCCN. The van der Waals surface area contributed by atoms with Crippen molar-refractivity contribution < 1.29 is 9.47 Å². The lowest BCUT2D eigenvalue weighted by molar-refractivity contribution is -0.191. The Labute approximate surface area is 74.2 Å². The van der Waals surface area contributed by atoms with Crippen LogP contribution in [0.2, 0.25) is 0 Å². The Balaban J connectivity index is 2.26. The Morgan fingerprint density at radius 3 is 3.08 bits per heavy atom. The van der Waals surface area contributed by atoms with Crippen LogP contribution >= 0.6 is 0 Å². The van der Waals surface area contributed by atoms with E-state index in [4.69, 9.17) is 15.2 Å². The first kappa shape index (κ1) is 9.96. The molecule has 72 valence electrons. The summed E-state index contributed by atoms with van der Waals surface area (Å²) in [4.78, 5) is 0. The molecule has 3 nitrogen and oxygen atoms in total. The van der Waals surface area contributed by atoms with Gasteiger partial charge in [-0.2, -0.15) is 0 Å². The van der Waals surface area contributed by atoms with Crippen LogP contribution in [0.15, 0.2) is 0 Å². The molecule has 0 radical (unpaired) electrons. The zero-order chi connectivity index (χ0) is 8.81. The second-order valence-corrected chi connectivity index (χ2v) is 3.21. The van der Waals surface area contributed by atoms with Crippen LogP contribution in [0, 0.1) is 5.92 Å². The van der Waals surface area contributed by atoms with E-state index in [-0.39, 0.29) is 6.29 Å². The quantitative estimate of drug-likeness (QED) is 0.693. The zero-order valence-corrected chi connectivity index (χ0v) is 7.79. The van der Waals surface area contributed by atoms with Gasteiger partial charge < -0.3 is 15.2 Å². The standard InChI is InChI=1S/C9H19NO2/c1-2-8-4-3-6-11-9(8)12-7-5-10/h8-9H,2-7,10H2,1H3. The van der Waals surface area contributed by atoms with Crippen molar-refractivity contribution in [3.63, 3.8) is 0 Å². The highest BCUT2D eigenvalue weighted by Crippen LogP contribution is 2.24. The molecule has 1 saturated heterocycles. The molecule has 1 heterocycles. The number of nitrogens with two attached hydrogens (primary N) is 1. The minimum Gasteiger partial charge on any atom is -0.352 e. The Kier molecular flexibility index (Phi) is 4.58. The predicted molar refractivity (Wildman–Crippen MR) is 47.8 cm³/mol. The van der Waals surface area contributed by atoms with Gasteiger partial charge in [0, 0.05) is 19.1 Å². The lowest BCUT2D eigenvalue weighted by Gasteiger charge is -2.30. The summed E-state index contributed by atoms with van der Waals surface area (Å²) in [6.45, 7) is 4.21. The Bertz CT molecular complexity index is 119. The summed E-state index contributed by atoms with van der Waals surface area (Å²) in [5.74, 6) is 0.574. The minimum atomic E-state index is 0.00676. The van der Waals surface area contributed by atoms with Gasteiger partial charge in [0.05, 0.1) is 6.61 Å². The van der Waals surface area contributed by atoms with Gasteiger partial charge >= 0.3 is 0 Å². The van der Waals surface area contributed by atoms with Crippen LogP contribution < -0.4 is 5.73 Å². The van der Waals surface area contributed by atoms with Crippen molar-refractivity contribution >= 4 is 0 Å². The molecule has 0 aromatic heterocycles. The fourth-order valence-electron chi connectivity index (χ4n) is 1.58. The molecular formula is C9H19NO2. The van der Waals surface area contributed by atoms with Crippen molar-refractivity contribution in [2.75, 3.05) is 19.8 Å². The van der Waals surface area contributed by atoms with Gasteiger partial charge in [-0.25, -0.2) is 0 Å². The van der Waals surface area contributed by atoms with Gasteiger partial charge in [-0.15, -0.1) is 0 Å². The smallest absolute Gasteiger partial charge is 0.160 e. The molecule has 0 saturated carbocycles. The third kappa shape index (κ3) is 2.73. The molecule has 0 spiro atoms. The van der Waals surface area contributed by atoms with Gasteiger partial charge in [-0.05, 0) is 19.3 Å². The molecule has 2 N–H and O–H groups in total. The van der Waals surface area contributed by atoms with Crippen molar-refractivity contribution in [2.24, 2.45) is 11.7 Å². The first-order chi connectivity index (χ1) is 5.88.